The lowest BCUT2D eigenvalue weighted by molar-refractivity contribution is -0.113. The highest BCUT2D eigenvalue weighted by Crippen LogP contribution is 2.31. The number of amides is 1. The first kappa shape index (κ1) is 19.2. The summed E-state index contributed by atoms with van der Waals surface area (Å²) in [4.78, 5) is 38.9. The van der Waals surface area contributed by atoms with Gasteiger partial charge in [0.1, 0.15) is 0 Å². The van der Waals surface area contributed by atoms with Crippen molar-refractivity contribution in [1.82, 2.24) is 4.98 Å². The van der Waals surface area contributed by atoms with Crippen molar-refractivity contribution in [2.45, 2.75) is 4.34 Å². The van der Waals surface area contributed by atoms with E-state index in [0.717, 1.165) is 22.3 Å². The summed E-state index contributed by atoms with van der Waals surface area (Å²) in [5, 5.41) is 21.3. The summed E-state index contributed by atoms with van der Waals surface area (Å²) in [6, 6.07) is 8.76. The maximum atomic E-state index is 12.2. The summed E-state index contributed by atoms with van der Waals surface area (Å²) in [5.74, 6) is -2.96. The van der Waals surface area contributed by atoms with Gasteiger partial charge in [0.05, 0.1) is 32.8 Å². The molecule has 10 heteroatoms. The van der Waals surface area contributed by atoms with Gasteiger partial charge in [0.25, 0.3) is 0 Å². The van der Waals surface area contributed by atoms with Gasteiger partial charge in [-0.3, -0.25) is 4.79 Å². The van der Waals surface area contributed by atoms with E-state index in [2.05, 4.69) is 10.3 Å². The number of aromatic nitrogens is 1. The number of fused-ring (bicyclic) bond motifs is 1. The van der Waals surface area contributed by atoms with E-state index in [0.29, 0.717) is 9.36 Å². The molecule has 0 aliphatic carbocycles. The number of anilines is 1. The first-order valence-electron chi connectivity index (χ1n) is 7.43. The van der Waals surface area contributed by atoms with Crippen LogP contribution in [0, 0.1) is 0 Å². The van der Waals surface area contributed by atoms with Crippen LogP contribution < -0.4 is 5.32 Å². The molecular formula is C17H11ClN2O5S2. The van der Waals surface area contributed by atoms with Crippen LogP contribution in [0.5, 0.6) is 0 Å². The molecule has 0 saturated heterocycles. The molecule has 27 heavy (non-hydrogen) atoms. The zero-order chi connectivity index (χ0) is 19.6. The van der Waals surface area contributed by atoms with Crippen LogP contribution in [0.4, 0.5) is 5.69 Å². The van der Waals surface area contributed by atoms with E-state index in [1.165, 1.54) is 29.2 Å². The normalized spacial score (nSPS) is 10.7. The monoisotopic (exact) mass is 422 g/mol. The summed E-state index contributed by atoms with van der Waals surface area (Å²) in [7, 11) is 0. The van der Waals surface area contributed by atoms with Gasteiger partial charge in [0, 0.05) is 5.02 Å². The average Bonchev–Trinajstić information content (AvgIpc) is 3.01. The number of nitrogens with zero attached hydrogens (tertiary/aromatic N) is 1. The third-order valence-electron chi connectivity index (χ3n) is 3.43. The Morgan fingerprint density at radius 1 is 1.11 bits per heavy atom. The number of benzene rings is 2. The van der Waals surface area contributed by atoms with Gasteiger partial charge in [0.2, 0.25) is 5.91 Å². The summed E-state index contributed by atoms with van der Waals surface area (Å²) in [5.41, 5.74) is 0.362. The van der Waals surface area contributed by atoms with Crippen LogP contribution in [0.25, 0.3) is 10.2 Å². The highest BCUT2D eigenvalue weighted by atomic mass is 35.5. The third kappa shape index (κ3) is 4.57. The van der Waals surface area contributed by atoms with Crippen molar-refractivity contribution in [3.63, 3.8) is 0 Å². The first-order chi connectivity index (χ1) is 12.8. The smallest absolute Gasteiger partial charge is 0.337 e. The molecule has 1 heterocycles. The number of hydrogen-bond donors (Lipinski definition) is 3. The van der Waals surface area contributed by atoms with Crippen molar-refractivity contribution >= 4 is 68.4 Å². The molecule has 0 fully saturated rings. The Balaban J connectivity index is 1.72. The lowest BCUT2D eigenvalue weighted by atomic mass is 10.1. The van der Waals surface area contributed by atoms with Gasteiger partial charge in [-0.25, -0.2) is 14.6 Å². The Morgan fingerprint density at radius 3 is 2.59 bits per heavy atom. The molecule has 0 aliphatic heterocycles. The summed E-state index contributed by atoms with van der Waals surface area (Å²) < 4.78 is 1.60. The van der Waals surface area contributed by atoms with Gasteiger partial charge >= 0.3 is 11.9 Å². The van der Waals surface area contributed by atoms with Gasteiger partial charge in [0.15, 0.2) is 4.34 Å². The molecule has 3 N–H and O–H groups in total. The highest BCUT2D eigenvalue weighted by Gasteiger charge is 2.16. The third-order valence-corrected chi connectivity index (χ3v) is 5.84. The van der Waals surface area contributed by atoms with Crippen LogP contribution >= 0.6 is 34.7 Å². The van der Waals surface area contributed by atoms with E-state index in [1.54, 1.807) is 12.1 Å². The van der Waals surface area contributed by atoms with E-state index in [9.17, 15) is 19.5 Å². The van der Waals surface area contributed by atoms with Crippen molar-refractivity contribution in [1.29, 1.82) is 0 Å². The van der Waals surface area contributed by atoms with Gasteiger partial charge in [-0.2, -0.15) is 0 Å². The molecule has 138 valence electrons. The minimum absolute atomic E-state index is 0.0100. The molecule has 0 radical (unpaired) electrons. The lowest BCUT2D eigenvalue weighted by Gasteiger charge is -2.09. The molecule has 0 saturated carbocycles. The Labute approximate surface area is 166 Å². The van der Waals surface area contributed by atoms with Gasteiger partial charge in [-0.05, 0) is 36.4 Å². The number of thioether (sulfide) groups is 1. The standard InChI is InChI=1S/C17H11ClN2O5S2/c18-9-2-4-13-12(6-9)20-17(27-13)26-7-14(21)19-11-5-8(15(22)23)1-3-10(11)16(24)25/h1-6H,7H2,(H,19,21)(H,22,23)(H,24,25). The minimum atomic E-state index is -1.27. The average molecular weight is 423 g/mol. The molecule has 1 amide bonds. The maximum Gasteiger partial charge on any atom is 0.337 e. The molecule has 0 unspecified atom stereocenters. The molecular weight excluding hydrogens is 412 g/mol. The lowest BCUT2D eigenvalue weighted by Crippen LogP contribution is -2.17. The number of hydrogen-bond acceptors (Lipinski definition) is 6. The van der Waals surface area contributed by atoms with Gasteiger partial charge in [-0.1, -0.05) is 23.4 Å². The van der Waals surface area contributed by atoms with Crippen LogP contribution in [0.3, 0.4) is 0 Å². The second kappa shape index (κ2) is 7.95. The molecule has 0 atom stereocenters. The Bertz CT molecular complexity index is 1070. The van der Waals surface area contributed by atoms with E-state index >= 15 is 0 Å². The molecule has 3 aromatic rings. The van der Waals surface area contributed by atoms with E-state index in [-0.39, 0.29) is 22.6 Å². The van der Waals surface area contributed by atoms with Crippen molar-refractivity contribution in [2.75, 3.05) is 11.1 Å². The molecule has 1 aromatic heterocycles. The molecule has 2 aromatic carbocycles. The van der Waals surface area contributed by atoms with Crippen LogP contribution in [0.2, 0.25) is 5.02 Å². The minimum Gasteiger partial charge on any atom is -0.478 e. The van der Waals surface area contributed by atoms with Crippen LogP contribution in [0.15, 0.2) is 40.7 Å². The van der Waals surface area contributed by atoms with E-state index in [1.807, 2.05) is 6.07 Å². The quantitative estimate of drug-likeness (QED) is 0.512. The predicted octanol–water partition coefficient (Wildman–Crippen LogP) is 4.08. The van der Waals surface area contributed by atoms with Crippen molar-refractivity contribution in [3.8, 4) is 0 Å². The zero-order valence-electron chi connectivity index (χ0n) is 13.4. The summed E-state index contributed by atoms with van der Waals surface area (Å²) in [6.45, 7) is 0. The number of nitrogens with one attached hydrogen (secondary N) is 1. The Morgan fingerprint density at radius 2 is 1.89 bits per heavy atom. The molecule has 0 aliphatic rings. The van der Waals surface area contributed by atoms with E-state index < -0.39 is 17.8 Å². The molecule has 7 nitrogen and oxygen atoms in total. The zero-order valence-corrected chi connectivity index (χ0v) is 15.8. The largest absolute Gasteiger partial charge is 0.478 e. The number of carbonyl (C=O) groups excluding carboxylic acids is 1. The predicted molar refractivity (Wildman–Crippen MR) is 104 cm³/mol. The molecule has 0 bridgehead atoms. The fourth-order valence-electron chi connectivity index (χ4n) is 2.22. The number of carboxylic acid groups (broad SMARTS) is 2. The maximum absolute atomic E-state index is 12.2. The summed E-state index contributed by atoms with van der Waals surface area (Å²) in [6.07, 6.45) is 0. The first-order valence-corrected chi connectivity index (χ1v) is 9.61. The number of rotatable bonds is 6. The topological polar surface area (TPSA) is 117 Å². The van der Waals surface area contributed by atoms with Crippen LogP contribution in [-0.2, 0) is 4.79 Å². The fraction of sp³-hybridized carbons (Fsp3) is 0.0588. The summed E-state index contributed by atoms with van der Waals surface area (Å²) >= 11 is 8.53. The van der Waals surface area contributed by atoms with Gasteiger partial charge in [-0.15, -0.1) is 11.3 Å². The fourth-order valence-corrected chi connectivity index (χ4v) is 4.24. The number of carboxylic acids is 2. The van der Waals surface area contributed by atoms with E-state index in [4.69, 9.17) is 16.7 Å². The number of aromatic carboxylic acids is 2. The SMILES string of the molecule is O=C(CSc1nc2cc(Cl)ccc2s1)Nc1cc(C(=O)O)ccc1C(=O)O. The van der Waals surface area contributed by atoms with Crippen molar-refractivity contribution < 1.29 is 24.6 Å². The van der Waals surface area contributed by atoms with Crippen molar-refractivity contribution in [3.05, 3.63) is 52.5 Å². The second-order valence-corrected chi connectivity index (χ2v) is 7.99. The van der Waals surface area contributed by atoms with Crippen LogP contribution in [-0.4, -0.2) is 38.8 Å². The van der Waals surface area contributed by atoms with Gasteiger partial charge < -0.3 is 15.5 Å². The van der Waals surface area contributed by atoms with Crippen molar-refractivity contribution in [2.24, 2.45) is 0 Å². The Hall–Kier alpha value is -2.62. The number of halogens is 1. The number of thiazole rings is 1. The Kier molecular flexibility index (Phi) is 5.64. The van der Waals surface area contributed by atoms with Crippen LogP contribution in [0.1, 0.15) is 20.7 Å². The second-order valence-electron chi connectivity index (χ2n) is 5.30. The highest BCUT2D eigenvalue weighted by molar-refractivity contribution is 8.01. The molecule has 0 spiro atoms. The number of carbonyl (C=O) groups is 3. The molecule has 3 rings (SSSR count).